The van der Waals surface area contributed by atoms with E-state index in [2.05, 4.69) is 27.7 Å². The van der Waals surface area contributed by atoms with Crippen LogP contribution in [0.25, 0.3) is 0 Å². The molecule has 2 saturated carbocycles. The van der Waals surface area contributed by atoms with Crippen molar-refractivity contribution >= 4 is 11.9 Å². The maximum Gasteiger partial charge on any atom is 0.306 e. The van der Waals surface area contributed by atoms with Gasteiger partial charge in [0.15, 0.2) is 23.8 Å². The van der Waals surface area contributed by atoms with Crippen molar-refractivity contribution in [3.05, 3.63) is 0 Å². The summed E-state index contributed by atoms with van der Waals surface area (Å²) in [4.78, 5) is 48.8. The minimum Gasteiger partial charge on any atom is -0.481 e. The molecule has 1 N–H and O–H groups in total. The number of hydrogen-bond donors (Lipinski definition) is 1. The fraction of sp³-hybridized carbons (Fsp3) is 0.947. The molecule has 2 spiro atoms. The van der Waals surface area contributed by atoms with Crippen LogP contribution in [0.1, 0.15) is 119 Å². The minimum atomic E-state index is -1.02. The van der Waals surface area contributed by atoms with Gasteiger partial charge in [-0.25, -0.2) is 19.6 Å². The summed E-state index contributed by atoms with van der Waals surface area (Å²) in [7, 11) is 0. The quantitative estimate of drug-likeness (QED) is 0.213. The van der Waals surface area contributed by atoms with E-state index in [-0.39, 0.29) is 73.1 Å². The second kappa shape index (κ2) is 12.9. The maximum absolute atomic E-state index is 12.8. The highest BCUT2D eigenvalue weighted by atomic mass is 17.3. The Morgan fingerprint density at radius 3 is 1.62 bits per heavy atom. The molecule has 10 aliphatic rings. The molecule has 0 amide bonds. The summed E-state index contributed by atoms with van der Waals surface area (Å²) in [5, 5.41) is 9.16. The number of carbonyl (C=O) groups excluding carboxylic acids is 1. The smallest absolute Gasteiger partial charge is 0.306 e. The van der Waals surface area contributed by atoms with Crippen molar-refractivity contribution in [1.82, 2.24) is 0 Å². The van der Waals surface area contributed by atoms with Gasteiger partial charge < -0.3 is 28.8 Å². The summed E-state index contributed by atoms with van der Waals surface area (Å²) in [6, 6.07) is 0. The van der Waals surface area contributed by atoms with Crippen LogP contribution in [0.2, 0.25) is 0 Å². The third kappa shape index (κ3) is 5.69. The molecule has 0 radical (unpaired) electrons. The minimum absolute atomic E-state index is 0.116. The van der Waals surface area contributed by atoms with Gasteiger partial charge in [0.1, 0.15) is 0 Å². The molecule has 50 heavy (non-hydrogen) atoms. The Morgan fingerprint density at radius 1 is 0.680 bits per heavy atom. The van der Waals surface area contributed by atoms with Crippen LogP contribution in [-0.2, 0) is 52.8 Å². The Kier molecular flexibility index (Phi) is 9.19. The lowest BCUT2D eigenvalue weighted by Gasteiger charge is -2.61. The zero-order chi connectivity index (χ0) is 35.2. The van der Waals surface area contributed by atoms with Gasteiger partial charge in [-0.3, -0.25) is 9.59 Å². The standard InChI is InChI=1S/C38H58O12/c1-20-7-9-27-22(3)29(43-33-37(27)25(20)13-15-35(5,45-33)47-49-37)17-24(19-42-32(41)12-11-31(39)40)18-30-23(4)28-10-8-21(2)26-14-16-36(6)46-34(44-30)38(26,28)50-48-36/h20-30,33-34H,7-19H2,1-6H3,(H,39,40)/t20-,21-,22-,23-,24?,25+,26?,27+,28+,29?,30?,33?,34?,35+,36+,37?,38?/m1/s1. The van der Waals surface area contributed by atoms with E-state index in [9.17, 15) is 9.59 Å². The summed E-state index contributed by atoms with van der Waals surface area (Å²) in [5.41, 5.74) is -1.30. The maximum atomic E-state index is 12.8. The van der Waals surface area contributed by atoms with E-state index in [0.29, 0.717) is 24.7 Å². The molecular weight excluding hydrogens is 648 g/mol. The summed E-state index contributed by atoms with van der Waals surface area (Å²) >= 11 is 0. The van der Waals surface area contributed by atoms with Gasteiger partial charge in [0.05, 0.1) is 31.7 Å². The first-order valence-corrected chi connectivity index (χ1v) is 19.5. The fourth-order valence-corrected chi connectivity index (χ4v) is 11.9. The SMILES string of the molecule is C[C@@H]1CC[C@H]2[C@@H](C)C(CC(COC(=O)CCC(=O)O)CC3OC4O[C@]5(C)CC[C@H]6[C@H](C)CC[C@@H]([C@H]3C)C46OO5)OC3O[C@]4(C)CCC1C32OO4. The van der Waals surface area contributed by atoms with Crippen LogP contribution in [0.5, 0.6) is 0 Å². The number of fused-ring (bicyclic) bond motifs is 4. The van der Waals surface area contributed by atoms with Gasteiger partial charge in [-0.15, -0.1) is 0 Å². The summed E-state index contributed by atoms with van der Waals surface area (Å²) in [6.07, 6.45) is 7.04. The fourth-order valence-electron chi connectivity index (χ4n) is 11.9. The van der Waals surface area contributed by atoms with E-state index in [0.717, 1.165) is 51.4 Å². The van der Waals surface area contributed by atoms with Gasteiger partial charge >= 0.3 is 11.9 Å². The highest BCUT2D eigenvalue weighted by Crippen LogP contribution is 2.63. The topological polar surface area (TPSA) is 137 Å². The first kappa shape index (κ1) is 35.6. The molecule has 12 heteroatoms. The van der Waals surface area contributed by atoms with Crippen molar-refractivity contribution in [2.45, 2.75) is 166 Å². The third-order valence-electron chi connectivity index (χ3n) is 14.7. The van der Waals surface area contributed by atoms with Gasteiger partial charge in [-0.2, -0.15) is 0 Å². The van der Waals surface area contributed by atoms with Crippen LogP contribution >= 0.6 is 0 Å². The number of carboxylic acids is 1. The lowest BCUT2D eigenvalue weighted by molar-refractivity contribution is -0.571. The summed E-state index contributed by atoms with van der Waals surface area (Å²) < 4.78 is 33.0. The number of esters is 1. The van der Waals surface area contributed by atoms with Crippen molar-refractivity contribution in [3.63, 3.8) is 0 Å². The van der Waals surface area contributed by atoms with Crippen LogP contribution in [-0.4, -0.2) is 71.2 Å². The highest BCUT2D eigenvalue weighted by molar-refractivity contribution is 5.76. The Balaban J connectivity index is 1.05. The van der Waals surface area contributed by atoms with Gasteiger partial charge in [-0.05, 0) is 107 Å². The first-order valence-electron chi connectivity index (χ1n) is 19.5. The molecule has 12 nitrogen and oxygen atoms in total. The van der Waals surface area contributed by atoms with E-state index < -0.39 is 47.3 Å². The van der Waals surface area contributed by atoms with E-state index >= 15 is 0 Å². The van der Waals surface area contributed by atoms with Gasteiger partial charge in [0.25, 0.3) is 0 Å². The van der Waals surface area contributed by atoms with Crippen molar-refractivity contribution in [1.29, 1.82) is 0 Å². The molecular formula is C38H58O12. The normalized spacial score (nSPS) is 52.6. The third-order valence-corrected chi connectivity index (χ3v) is 14.7. The Morgan fingerprint density at radius 2 is 1.16 bits per heavy atom. The molecule has 8 unspecified atom stereocenters. The van der Waals surface area contributed by atoms with Gasteiger partial charge in [0.2, 0.25) is 11.6 Å². The number of hydrogen-bond acceptors (Lipinski definition) is 11. The Hall–Kier alpha value is -1.38. The average Bonchev–Trinajstić information content (AvgIpc) is 3.45. The van der Waals surface area contributed by atoms with Crippen LogP contribution in [0.3, 0.4) is 0 Å². The lowest BCUT2D eigenvalue weighted by atomic mass is 9.56. The second-order valence-corrected chi connectivity index (χ2v) is 17.8. The predicted molar refractivity (Wildman–Crippen MR) is 174 cm³/mol. The zero-order valence-electron chi connectivity index (χ0n) is 30.6. The van der Waals surface area contributed by atoms with Gasteiger partial charge in [-0.1, -0.05) is 27.7 Å². The van der Waals surface area contributed by atoms with Crippen LogP contribution in [0.4, 0.5) is 0 Å². The Labute approximate surface area is 295 Å². The lowest BCUT2D eigenvalue weighted by Crippen LogP contribution is -2.70. The molecule has 8 saturated heterocycles. The zero-order valence-corrected chi connectivity index (χ0v) is 30.6. The van der Waals surface area contributed by atoms with E-state index in [1.807, 2.05) is 13.8 Å². The van der Waals surface area contributed by atoms with Crippen LogP contribution in [0.15, 0.2) is 0 Å². The number of ether oxygens (including phenoxy) is 5. The molecule has 0 aromatic heterocycles. The number of aliphatic carboxylic acids is 1. The molecule has 8 aliphatic heterocycles. The first-order chi connectivity index (χ1) is 23.8. The van der Waals surface area contributed by atoms with Crippen molar-refractivity contribution in [2.24, 2.45) is 53.3 Å². The number of carbonyl (C=O) groups is 2. The number of rotatable bonds is 9. The molecule has 10 fully saturated rings. The molecule has 2 aliphatic carbocycles. The summed E-state index contributed by atoms with van der Waals surface area (Å²) in [6.45, 7) is 13.2. The predicted octanol–water partition coefficient (Wildman–Crippen LogP) is 6.29. The van der Waals surface area contributed by atoms with Gasteiger partial charge in [0, 0.05) is 24.7 Å². The van der Waals surface area contributed by atoms with E-state index in [1.165, 1.54) is 0 Å². The molecule has 4 bridgehead atoms. The molecule has 0 aromatic carbocycles. The van der Waals surface area contributed by atoms with Crippen molar-refractivity contribution < 1.29 is 57.9 Å². The Bertz CT molecular complexity index is 1230. The highest BCUT2D eigenvalue weighted by Gasteiger charge is 2.71. The molecule has 0 aromatic rings. The summed E-state index contributed by atoms with van der Waals surface area (Å²) in [5.74, 6) is -1.22. The molecule has 10 rings (SSSR count). The van der Waals surface area contributed by atoms with Crippen LogP contribution < -0.4 is 0 Å². The largest absolute Gasteiger partial charge is 0.481 e. The molecule has 17 atom stereocenters. The molecule has 8 heterocycles. The van der Waals surface area contributed by atoms with E-state index in [4.69, 9.17) is 48.3 Å². The second-order valence-electron chi connectivity index (χ2n) is 17.8. The number of carboxylic acid groups (broad SMARTS) is 1. The van der Waals surface area contributed by atoms with Crippen molar-refractivity contribution in [2.75, 3.05) is 6.61 Å². The molecule has 282 valence electrons. The van der Waals surface area contributed by atoms with Crippen molar-refractivity contribution in [3.8, 4) is 0 Å². The monoisotopic (exact) mass is 706 g/mol. The van der Waals surface area contributed by atoms with Crippen LogP contribution in [0, 0.1) is 53.3 Å². The average molecular weight is 707 g/mol. The van der Waals surface area contributed by atoms with E-state index in [1.54, 1.807) is 0 Å².